The monoisotopic (exact) mass is 194 g/mol. The van der Waals surface area contributed by atoms with Crippen LogP contribution in [-0.2, 0) is 0 Å². The molecule has 0 aliphatic carbocycles. The topological polar surface area (TPSA) is 20.2 Å². The number of aliphatic hydroxyl groups excluding tert-OH is 1. The van der Waals surface area contributed by atoms with Crippen LogP contribution in [0.4, 0.5) is 0 Å². The van der Waals surface area contributed by atoms with Gasteiger partial charge in [0.2, 0.25) is 0 Å². The Balaban J connectivity index is 2.69. The van der Waals surface area contributed by atoms with Crippen LogP contribution >= 0.6 is 11.3 Å². The van der Waals surface area contributed by atoms with Crippen LogP contribution in [0.1, 0.15) is 32.4 Å². The maximum atomic E-state index is 9.61. The van der Waals surface area contributed by atoms with Crippen LogP contribution in [0.3, 0.4) is 0 Å². The van der Waals surface area contributed by atoms with E-state index in [1.165, 1.54) is 0 Å². The third kappa shape index (κ3) is 3.63. The molecule has 13 heavy (non-hydrogen) atoms. The van der Waals surface area contributed by atoms with E-state index in [0.29, 0.717) is 0 Å². The molecule has 1 aromatic heterocycles. The van der Waals surface area contributed by atoms with Crippen LogP contribution in [0.2, 0.25) is 0 Å². The average Bonchev–Trinajstić information content (AvgIpc) is 2.50. The van der Waals surface area contributed by atoms with Gasteiger partial charge < -0.3 is 5.11 Å². The van der Waals surface area contributed by atoms with Crippen molar-refractivity contribution in [1.82, 2.24) is 0 Å². The van der Waals surface area contributed by atoms with Crippen molar-refractivity contribution in [2.24, 2.45) is 5.41 Å². The highest BCUT2D eigenvalue weighted by atomic mass is 32.1. The predicted molar refractivity (Wildman–Crippen MR) is 56.5 cm³/mol. The number of hydrogen-bond donors (Lipinski definition) is 1. The molecule has 0 radical (unpaired) electrons. The Labute approximate surface area is 83.4 Å². The molecule has 2 heteroatoms. The van der Waals surface area contributed by atoms with E-state index in [4.69, 9.17) is 0 Å². The van der Waals surface area contributed by atoms with Crippen molar-refractivity contribution < 1.29 is 5.11 Å². The van der Waals surface area contributed by atoms with Gasteiger partial charge in [0, 0.05) is 11.0 Å². The fourth-order valence-corrected chi connectivity index (χ4v) is 1.48. The molecule has 0 bridgehead atoms. The van der Waals surface area contributed by atoms with Crippen LogP contribution in [0.5, 0.6) is 0 Å². The fourth-order valence-electron chi connectivity index (χ4n) is 0.799. The van der Waals surface area contributed by atoms with E-state index in [0.717, 1.165) is 5.56 Å². The molecule has 0 aromatic carbocycles. The number of thiophene rings is 1. The molecule has 1 N–H and O–H groups in total. The molecular formula is C11H14OS. The molecular weight excluding hydrogens is 180 g/mol. The van der Waals surface area contributed by atoms with Crippen molar-refractivity contribution in [3.05, 3.63) is 22.4 Å². The summed E-state index contributed by atoms with van der Waals surface area (Å²) < 4.78 is 0. The maximum Gasteiger partial charge on any atom is 0.141 e. The second kappa shape index (κ2) is 3.95. The third-order valence-electron chi connectivity index (χ3n) is 1.44. The van der Waals surface area contributed by atoms with Crippen molar-refractivity contribution in [3.8, 4) is 11.8 Å². The lowest BCUT2D eigenvalue weighted by Crippen LogP contribution is -2.01. The van der Waals surface area contributed by atoms with Gasteiger partial charge in [0.05, 0.1) is 0 Å². The first-order valence-electron chi connectivity index (χ1n) is 4.22. The summed E-state index contributed by atoms with van der Waals surface area (Å²) in [7, 11) is 0. The minimum Gasteiger partial charge on any atom is -0.376 e. The van der Waals surface area contributed by atoms with Crippen LogP contribution in [0, 0.1) is 17.3 Å². The predicted octanol–water partition coefficient (Wildman–Crippen LogP) is 2.83. The Morgan fingerprint density at radius 3 is 2.62 bits per heavy atom. The molecule has 0 aliphatic heterocycles. The summed E-state index contributed by atoms with van der Waals surface area (Å²) in [5.74, 6) is 5.85. The third-order valence-corrected chi connectivity index (χ3v) is 2.14. The molecule has 0 saturated carbocycles. The fraction of sp³-hybridized carbons (Fsp3) is 0.455. The van der Waals surface area contributed by atoms with Gasteiger partial charge in [0.25, 0.3) is 0 Å². The highest BCUT2D eigenvalue weighted by Gasteiger charge is 2.07. The molecule has 0 aliphatic rings. The minimum atomic E-state index is -0.634. The Kier molecular flexibility index (Phi) is 3.13. The molecule has 1 atom stereocenters. The quantitative estimate of drug-likeness (QED) is 0.682. The lowest BCUT2D eigenvalue weighted by atomic mass is 9.97. The lowest BCUT2D eigenvalue weighted by Gasteiger charge is -2.08. The van der Waals surface area contributed by atoms with E-state index in [-0.39, 0.29) is 5.41 Å². The van der Waals surface area contributed by atoms with E-state index in [2.05, 4.69) is 11.8 Å². The summed E-state index contributed by atoms with van der Waals surface area (Å²) >= 11 is 1.57. The molecule has 70 valence electrons. The van der Waals surface area contributed by atoms with E-state index < -0.39 is 6.10 Å². The second-order valence-corrected chi connectivity index (χ2v) is 4.76. The summed E-state index contributed by atoms with van der Waals surface area (Å²) in [5.41, 5.74) is 0.846. The summed E-state index contributed by atoms with van der Waals surface area (Å²) in [4.78, 5) is 0. The number of aliphatic hydroxyl groups is 1. The molecule has 1 aromatic rings. The summed E-state index contributed by atoms with van der Waals surface area (Å²) in [6.07, 6.45) is -0.634. The van der Waals surface area contributed by atoms with Gasteiger partial charge in [-0.2, -0.15) is 11.3 Å². The molecule has 1 nitrogen and oxygen atoms in total. The van der Waals surface area contributed by atoms with Crippen LogP contribution in [0.15, 0.2) is 16.8 Å². The van der Waals surface area contributed by atoms with E-state index in [1.54, 1.807) is 11.3 Å². The first-order valence-corrected chi connectivity index (χ1v) is 5.16. The van der Waals surface area contributed by atoms with Crippen LogP contribution < -0.4 is 0 Å². The van der Waals surface area contributed by atoms with Gasteiger partial charge in [0.1, 0.15) is 6.10 Å². The van der Waals surface area contributed by atoms with Crippen molar-refractivity contribution in [2.45, 2.75) is 26.9 Å². The molecule has 0 amide bonds. The average molecular weight is 194 g/mol. The van der Waals surface area contributed by atoms with Gasteiger partial charge in [-0.1, -0.05) is 11.8 Å². The SMILES string of the molecule is CC(C)(C)C#C[C@H](O)c1ccsc1. The first-order chi connectivity index (χ1) is 5.99. The molecule has 0 spiro atoms. The van der Waals surface area contributed by atoms with Crippen molar-refractivity contribution >= 4 is 11.3 Å². The zero-order chi connectivity index (χ0) is 9.90. The maximum absolute atomic E-state index is 9.61. The Morgan fingerprint density at radius 2 is 2.15 bits per heavy atom. The highest BCUT2D eigenvalue weighted by molar-refractivity contribution is 7.07. The van der Waals surface area contributed by atoms with Crippen LogP contribution in [0.25, 0.3) is 0 Å². The van der Waals surface area contributed by atoms with E-state index in [1.807, 2.05) is 37.6 Å². The summed E-state index contributed by atoms with van der Waals surface area (Å²) in [6.45, 7) is 6.08. The summed E-state index contributed by atoms with van der Waals surface area (Å²) in [6, 6.07) is 1.90. The summed E-state index contributed by atoms with van der Waals surface area (Å²) in [5, 5.41) is 13.5. The standard InChI is InChI=1S/C11H14OS/c1-11(2,3)6-4-10(12)9-5-7-13-8-9/h5,7-8,10,12H,1-3H3/t10-/m0/s1. The van der Waals surface area contributed by atoms with Gasteiger partial charge in [0.15, 0.2) is 0 Å². The van der Waals surface area contributed by atoms with Crippen LogP contribution in [-0.4, -0.2) is 5.11 Å². The molecule has 1 rings (SSSR count). The molecule has 0 fully saturated rings. The Hall–Kier alpha value is -0.780. The number of hydrogen-bond acceptors (Lipinski definition) is 2. The van der Waals surface area contributed by atoms with Gasteiger partial charge in [-0.05, 0) is 37.6 Å². The van der Waals surface area contributed by atoms with Gasteiger partial charge >= 0.3 is 0 Å². The van der Waals surface area contributed by atoms with Gasteiger partial charge in [-0.25, -0.2) is 0 Å². The normalized spacial score (nSPS) is 13.2. The van der Waals surface area contributed by atoms with Gasteiger partial charge in [-0.3, -0.25) is 0 Å². The van der Waals surface area contributed by atoms with Crippen molar-refractivity contribution in [3.63, 3.8) is 0 Å². The lowest BCUT2D eigenvalue weighted by molar-refractivity contribution is 0.238. The Bertz CT molecular complexity index is 308. The largest absolute Gasteiger partial charge is 0.376 e. The van der Waals surface area contributed by atoms with E-state index >= 15 is 0 Å². The highest BCUT2D eigenvalue weighted by Crippen LogP contribution is 2.17. The number of rotatable bonds is 1. The molecule has 0 saturated heterocycles. The van der Waals surface area contributed by atoms with Crippen molar-refractivity contribution in [1.29, 1.82) is 0 Å². The first kappa shape index (κ1) is 10.3. The molecule has 0 unspecified atom stereocenters. The zero-order valence-corrected chi connectivity index (χ0v) is 8.98. The minimum absolute atomic E-state index is 0.0446. The van der Waals surface area contributed by atoms with Crippen molar-refractivity contribution in [2.75, 3.05) is 0 Å². The smallest absolute Gasteiger partial charge is 0.141 e. The second-order valence-electron chi connectivity index (χ2n) is 3.98. The van der Waals surface area contributed by atoms with E-state index in [9.17, 15) is 5.11 Å². The van der Waals surface area contributed by atoms with Gasteiger partial charge in [-0.15, -0.1) is 0 Å². The zero-order valence-electron chi connectivity index (χ0n) is 8.16. The Morgan fingerprint density at radius 1 is 1.46 bits per heavy atom. The molecule has 1 heterocycles.